The van der Waals surface area contributed by atoms with Crippen LogP contribution in [0.5, 0.6) is 0 Å². The maximum Gasteiger partial charge on any atom is 0.164 e. The highest BCUT2D eigenvalue weighted by Gasteiger charge is 2.19. The Morgan fingerprint density at radius 2 is 0.920 bits per heavy atom. The fourth-order valence-corrected chi connectivity index (χ4v) is 8.23. The molecule has 5 heteroatoms. The third kappa shape index (κ3) is 4.71. The van der Waals surface area contributed by atoms with Gasteiger partial charge in [-0.25, -0.2) is 15.0 Å². The fourth-order valence-electron chi connectivity index (χ4n) is 7.00. The van der Waals surface area contributed by atoms with Gasteiger partial charge in [-0.3, -0.25) is 0 Å². The van der Waals surface area contributed by atoms with Crippen LogP contribution in [0.25, 0.3) is 98.5 Å². The quantitative estimate of drug-likeness (QED) is 0.185. The molecular formula is C45H27N3OS. The average Bonchev–Trinajstić information content (AvgIpc) is 3.77. The minimum Gasteiger partial charge on any atom is -0.455 e. The van der Waals surface area contributed by atoms with Gasteiger partial charge in [-0.2, -0.15) is 0 Å². The van der Waals surface area contributed by atoms with Crippen molar-refractivity contribution >= 4 is 53.4 Å². The zero-order valence-electron chi connectivity index (χ0n) is 26.7. The number of nitrogens with zero attached hydrogens (tertiary/aromatic N) is 3. The van der Waals surface area contributed by atoms with Crippen molar-refractivity contribution < 1.29 is 4.42 Å². The number of furan rings is 1. The predicted molar refractivity (Wildman–Crippen MR) is 207 cm³/mol. The van der Waals surface area contributed by atoms with E-state index in [0.717, 1.165) is 49.8 Å². The number of rotatable bonds is 5. The molecule has 0 radical (unpaired) electrons. The van der Waals surface area contributed by atoms with Crippen molar-refractivity contribution in [2.45, 2.75) is 0 Å². The smallest absolute Gasteiger partial charge is 0.164 e. The molecule has 0 saturated heterocycles. The minimum absolute atomic E-state index is 0.599. The largest absolute Gasteiger partial charge is 0.455 e. The van der Waals surface area contributed by atoms with Gasteiger partial charge >= 0.3 is 0 Å². The molecule has 0 atom stereocenters. The Labute approximate surface area is 292 Å². The van der Waals surface area contributed by atoms with Crippen LogP contribution >= 0.6 is 11.3 Å². The van der Waals surface area contributed by atoms with Crippen LogP contribution in [0.15, 0.2) is 168 Å². The van der Waals surface area contributed by atoms with Gasteiger partial charge in [0.2, 0.25) is 0 Å². The third-order valence-electron chi connectivity index (χ3n) is 9.37. The molecule has 0 bridgehead atoms. The molecule has 0 spiro atoms. The molecule has 0 fully saturated rings. The number of aromatic nitrogens is 3. The molecule has 4 nitrogen and oxygen atoms in total. The van der Waals surface area contributed by atoms with E-state index >= 15 is 0 Å². The first-order chi connectivity index (χ1) is 24.8. The van der Waals surface area contributed by atoms with E-state index in [2.05, 4.69) is 103 Å². The van der Waals surface area contributed by atoms with Gasteiger partial charge in [0.1, 0.15) is 11.2 Å². The summed E-state index contributed by atoms with van der Waals surface area (Å²) in [6.45, 7) is 0. The van der Waals surface area contributed by atoms with Gasteiger partial charge in [-0.15, -0.1) is 11.3 Å². The minimum atomic E-state index is 0.599. The number of hydrogen-bond donors (Lipinski definition) is 0. The number of fused-ring (bicyclic) bond motifs is 6. The number of benzene rings is 7. The van der Waals surface area contributed by atoms with Gasteiger partial charge in [-0.1, -0.05) is 146 Å². The van der Waals surface area contributed by atoms with Crippen LogP contribution in [-0.2, 0) is 0 Å². The summed E-state index contributed by atoms with van der Waals surface area (Å²) in [6.07, 6.45) is 0. The zero-order chi connectivity index (χ0) is 33.0. The van der Waals surface area contributed by atoms with Crippen LogP contribution in [-0.4, -0.2) is 15.0 Å². The van der Waals surface area contributed by atoms with E-state index in [1.165, 1.54) is 31.3 Å². The van der Waals surface area contributed by atoms with Crippen LogP contribution in [0.4, 0.5) is 0 Å². The van der Waals surface area contributed by atoms with Gasteiger partial charge in [-0.05, 0) is 29.3 Å². The van der Waals surface area contributed by atoms with Crippen molar-refractivity contribution in [2.75, 3.05) is 0 Å². The molecule has 10 aromatic rings. The summed E-state index contributed by atoms with van der Waals surface area (Å²) in [5.74, 6) is 1.86. The molecule has 3 heterocycles. The first-order valence-corrected chi connectivity index (χ1v) is 17.4. The highest BCUT2D eigenvalue weighted by atomic mass is 32.1. The highest BCUT2D eigenvalue weighted by Crippen LogP contribution is 2.45. The third-order valence-corrected chi connectivity index (χ3v) is 10.6. The molecule has 50 heavy (non-hydrogen) atoms. The summed E-state index contributed by atoms with van der Waals surface area (Å²) in [4.78, 5) is 14.8. The molecular weight excluding hydrogens is 631 g/mol. The van der Waals surface area contributed by atoms with E-state index in [1.807, 2.05) is 72.0 Å². The number of para-hydroxylation sites is 1. The van der Waals surface area contributed by atoms with Gasteiger partial charge in [0.05, 0.1) is 0 Å². The Kier molecular flexibility index (Phi) is 6.64. The molecule has 0 unspecified atom stereocenters. The van der Waals surface area contributed by atoms with E-state index < -0.39 is 0 Å². The van der Waals surface area contributed by atoms with E-state index in [0.29, 0.717) is 17.5 Å². The van der Waals surface area contributed by atoms with Crippen LogP contribution < -0.4 is 0 Å². The van der Waals surface area contributed by atoms with Crippen LogP contribution in [0.1, 0.15) is 0 Å². The summed E-state index contributed by atoms with van der Waals surface area (Å²) >= 11 is 1.85. The first-order valence-electron chi connectivity index (χ1n) is 16.6. The summed E-state index contributed by atoms with van der Waals surface area (Å²) in [5.41, 5.74) is 9.01. The van der Waals surface area contributed by atoms with Gasteiger partial charge in [0.25, 0.3) is 0 Å². The zero-order valence-corrected chi connectivity index (χ0v) is 27.6. The van der Waals surface area contributed by atoms with Gasteiger partial charge in [0.15, 0.2) is 17.5 Å². The molecule has 0 saturated carbocycles. The topological polar surface area (TPSA) is 51.8 Å². The van der Waals surface area contributed by atoms with Crippen molar-refractivity contribution in [3.63, 3.8) is 0 Å². The van der Waals surface area contributed by atoms with Crippen LogP contribution in [0, 0.1) is 0 Å². The standard InChI is InChI=1S/C45H27N3OS/c1-3-13-28(14-4-1)43-46-44(29-15-5-2-6-16-29)48-45(47-43)30-25-26-33-36-21-11-20-35(41(36)49-39(33)27-30)31-17-7-8-18-32(31)37-22-12-23-38-34-19-9-10-24-40(34)50-42(37)38/h1-27H. The molecule has 0 aliphatic rings. The van der Waals surface area contributed by atoms with Crippen LogP contribution in [0.2, 0.25) is 0 Å². The van der Waals surface area contributed by atoms with Gasteiger partial charge < -0.3 is 4.42 Å². The number of thiophene rings is 1. The van der Waals surface area contributed by atoms with E-state index in [4.69, 9.17) is 19.4 Å². The van der Waals surface area contributed by atoms with Crippen molar-refractivity contribution in [3.8, 4) is 56.4 Å². The lowest BCUT2D eigenvalue weighted by Crippen LogP contribution is -2.00. The summed E-state index contributed by atoms with van der Waals surface area (Å²) in [7, 11) is 0. The van der Waals surface area contributed by atoms with Crippen LogP contribution in [0.3, 0.4) is 0 Å². The SMILES string of the molecule is c1ccc(-c2nc(-c3ccccc3)nc(-c3ccc4c(c3)oc3c(-c5ccccc5-c5cccc6c5sc5ccccc56)cccc34)n2)cc1. The lowest BCUT2D eigenvalue weighted by atomic mass is 9.92. The maximum absolute atomic E-state index is 6.79. The van der Waals surface area contributed by atoms with Crippen molar-refractivity contribution in [1.82, 2.24) is 15.0 Å². The fraction of sp³-hybridized carbons (Fsp3) is 0. The summed E-state index contributed by atoms with van der Waals surface area (Å²) in [5, 5.41) is 4.71. The highest BCUT2D eigenvalue weighted by molar-refractivity contribution is 7.26. The van der Waals surface area contributed by atoms with Crippen molar-refractivity contribution in [1.29, 1.82) is 0 Å². The van der Waals surface area contributed by atoms with E-state index in [-0.39, 0.29) is 0 Å². The second-order valence-electron chi connectivity index (χ2n) is 12.4. The Balaban J connectivity index is 1.13. The predicted octanol–water partition coefficient (Wildman–Crippen LogP) is 12.5. The first kappa shape index (κ1) is 28.6. The molecule has 0 aliphatic carbocycles. The monoisotopic (exact) mass is 657 g/mol. The molecule has 0 aliphatic heterocycles. The van der Waals surface area contributed by atoms with Gasteiger partial charge in [0, 0.05) is 58.8 Å². The lowest BCUT2D eigenvalue weighted by Gasteiger charge is -2.11. The second kappa shape index (κ2) is 11.6. The summed E-state index contributed by atoms with van der Waals surface area (Å²) in [6, 6.07) is 56.8. The molecule has 0 amide bonds. The Hall–Kier alpha value is -6.43. The number of hydrogen-bond acceptors (Lipinski definition) is 5. The normalized spacial score (nSPS) is 11.6. The molecule has 234 valence electrons. The lowest BCUT2D eigenvalue weighted by molar-refractivity contribution is 0.670. The van der Waals surface area contributed by atoms with E-state index in [1.54, 1.807) is 0 Å². The van der Waals surface area contributed by atoms with E-state index in [9.17, 15) is 0 Å². The second-order valence-corrected chi connectivity index (χ2v) is 13.4. The molecule has 3 aromatic heterocycles. The Morgan fingerprint density at radius 3 is 1.64 bits per heavy atom. The summed E-state index contributed by atoms with van der Waals surface area (Å²) < 4.78 is 9.38. The van der Waals surface area contributed by atoms with Crippen molar-refractivity contribution in [2.24, 2.45) is 0 Å². The van der Waals surface area contributed by atoms with Crippen molar-refractivity contribution in [3.05, 3.63) is 164 Å². The molecule has 10 rings (SSSR count). The average molecular weight is 658 g/mol. The Morgan fingerprint density at radius 1 is 0.380 bits per heavy atom. The Bertz CT molecular complexity index is 2820. The molecule has 7 aromatic carbocycles. The molecule has 0 N–H and O–H groups in total. The maximum atomic E-state index is 6.79.